The predicted octanol–water partition coefficient (Wildman–Crippen LogP) is 2.41. The first-order valence-corrected chi connectivity index (χ1v) is 6.02. The summed E-state index contributed by atoms with van der Waals surface area (Å²) >= 11 is 3.34. The quantitative estimate of drug-likeness (QED) is 0.927. The highest BCUT2D eigenvalue weighted by molar-refractivity contribution is 9.10. The summed E-state index contributed by atoms with van der Waals surface area (Å²) in [6, 6.07) is 3.87. The van der Waals surface area contributed by atoms with Gasteiger partial charge in [-0.05, 0) is 41.9 Å². The summed E-state index contributed by atoms with van der Waals surface area (Å²) < 4.78 is 12.1. The van der Waals surface area contributed by atoms with Gasteiger partial charge in [0.25, 0.3) is 0 Å². The molecule has 0 spiro atoms. The number of hydrogen-bond donors (Lipinski definition) is 1. The summed E-state index contributed by atoms with van der Waals surface area (Å²) in [5, 5.41) is 3.21. The van der Waals surface area contributed by atoms with E-state index in [9.17, 15) is 0 Å². The Morgan fingerprint density at radius 2 is 2.38 bits per heavy atom. The molecule has 1 aliphatic rings. The molecule has 0 bridgehead atoms. The smallest absolute Gasteiger partial charge is 0.163 e. The molecule has 0 saturated carbocycles. The van der Waals surface area contributed by atoms with Crippen LogP contribution in [0, 0.1) is 0 Å². The zero-order valence-corrected chi connectivity index (χ0v) is 11.0. The lowest BCUT2D eigenvalue weighted by molar-refractivity contribution is -0.136. The van der Waals surface area contributed by atoms with Gasteiger partial charge in [-0.15, -0.1) is 0 Å². The molecule has 1 N–H and O–H groups in total. The molecule has 0 radical (unpaired) electrons. The van der Waals surface area contributed by atoms with Crippen LogP contribution in [0.3, 0.4) is 0 Å². The second-order valence-electron chi connectivity index (χ2n) is 4.19. The molecular weight excluding hydrogens is 272 g/mol. The number of anilines is 1. The molecule has 1 aliphatic heterocycles. The first-order valence-electron chi connectivity index (χ1n) is 5.22. The number of nitrogens with zero attached hydrogens (tertiary/aromatic N) is 1. The van der Waals surface area contributed by atoms with E-state index in [1.54, 1.807) is 6.20 Å². The monoisotopic (exact) mass is 286 g/mol. The van der Waals surface area contributed by atoms with Crippen LogP contribution in [0.5, 0.6) is 0 Å². The van der Waals surface area contributed by atoms with Crippen LogP contribution in [0.2, 0.25) is 0 Å². The molecule has 1 atom stereocenters. The molecule has 1 fully saturated rings. The predicted molar refractivity (Wildman–Crippen MR) is 65.3 cm³/mol. The lowest BCUT2D eigenvalue weighted by Gasteiger charge is -2.17. The van der Waals surface area contributed by atoms with Crippen LogP contribution in [0.15, 0.2) is 22.8 Å². The molecule has 5 heteroatoms. The van der Waals surface area contributed by atoms with Gasteiger partial charge in [0.05, 0.1) is 6.61 Å². The van der Waals surface area contributed by atoms with Gasteiger partial charge in [0.2, 0.25) is 0 Å². The fourth-order valence-electron chi connectivity index (χ4n) is 1.56. The Hall–Kier alpha value is -0.650. The standard InChI is InChI=1S/C11H15BrN2O2/c1-11(2)15-7-9(16-11)6-14-10-4-3-8(12)5-13-10/h3-5,9H,6-7H2,1-2H3,(H,13,14). The minimum absolute atomic E-state index is 0.0837. The number of ether oxygens (including phenoxy) is 2. The molecule has 0 amide bonds. The Morgan fingerprint density at radius 1 is 1.56 bits per heavy atom. The fraction of sp³-hybridized carbons (Fsp3) is 0.545. The van der Waals surface area contributed by atoms with E-state index in [4.69, 9.17) is 9.47 Å². The van der Waals surface area contributed by atoms with Crippen LogP contribution in [0.1, 0.15) is 13.8 Å². The number of halogens is 1. The normalized spacial score (nSPS) is 23.3. The molecule has 4 nitrogen and oxygen atoms in total. The molecule has 0 aromatic carbocycles. The molecule has 88 valence electrons. The van der Waals surface area contributed by atoms with E-state index >= 15 is 0 Å². The molecule has 1 unspecified atom stereocenters. The van der Waals surface area contributed by atoms with Crippen LogP contribution in [-0.4, -0.2) is 30.0 Å². The summed E-state index contributed by atoms with van der Waals surface area (Å²) in [6.45, 7) is 5.17. The number of aromatic nitrogens is 1. The van der Waals surface area contributed by atoms with E-state index in [2.05, 4.69) is 26.2 Å². The van der Waals surface area contributed by atoms with Crippen molar-refractivity contribution >= 4 is 21.7 Å². The summed E-state index contributed by atoms with van der Waals surface area (Å²) in [7, 11) is 0. The largest absolute Gasteiger partial charge is 0.367 e. The van der Waals surface area contributed by atoms with Crippen molar-refractivity contribution < 1.29 is 9.47 Å². The van der Waals surface area contributed by atoms with Crippen molar-refractivity contribution in [2.24, 2.45) is 0 Å². The van der Waals surface area contributed by atoms with Gasteiger partial charge in [0.1, 0.15) is 11.9 Å². The Morgan fingerprint density at radius 3 is 2.94 bits per heavy atom. The number of hydrogen-bond acceptors (Lipinski definition) is 4. The van der Waals surface area contributed by atoms with Gasteiger partial charge in [-0.1, -0.05) is 0 Å². The molecule has 1 aromatic heterocycles. The minimum atomic E-state index is -0.459. The summed E-state index contributed by atoms with van der Waals surface area (Å²) in [6.07, 6.45) is 1.85. The van der Waals surface area contributed by atoms with E-state index in [1.807, 2.05) is 26.0 Å². The van der Waals surface area contributed by atoms with Crippen LogP contribution >= 0.6 is 15.9 Å². The lowest BCUT2D eigenvalue weighted by Crippen LogP contribution is -2.26. The molecule has 1 saturated heterocycles. The third-order valence-electron chi connectivity index (χ3n) is 2.31. The zero-order valence-electron chi connectivity index (χ0n) is 9.37. The van der Waals surface area contributed by atoms with Crippen molar-refractivity contribution in [3.05, 3.63) is 22.8 Å². The number of pyridine rings is 1. The summed E-state index contributed by atoms with van der Waals surface area (Å²) in [5.74, 6) is 0.385. The third kappa shape index (κ3) is 3.17. The lowest BCUT2D eigenvalue weighted by atomic mass is 10.3. The van der Waals surface area contributed by atoms with Crippen molar-refractivity contribution in [2.45, 2.75) is 25.7 Å². The average Bonchev–Trinajstić information content (AvgIpc) is 2.58. The molecule has 0 aliphatic carbocycles. The van der Waals surface area contributed by atoms with Gasteiger partial charge in [-0.3, -0.25) is 0 Å². The Kier molecular flexibility index (Phi) is 3.47. The van der Waals surface area contributed by atoms with Gasteiger partial charge in [0, 0.05) is 17.2 Å². The van der Waals surface area contributed by atoms with E-state index in [0.29, 0.717) is 13.2 Å². The first kappa shape index (κ1) is 11.8. The van der Waals surface area contributed by atoms with Crippen molar-refractivity contribution in [2.75, 3.05) is 18.5 Å². The number of rotatable bonds is 3. The Labute approximate surface area is 103 Å². The second-order valence-corrected chi connectivity index (χ2v) is 5.11. The van der Waals surface area contributed by atoms with E-state index < -0.39 is 5.79 Å². The van der Waals surface area contributed by atoms with Crippen molar-refractivity contribution in [3.8, 4) is 0 Å². The molecular formula is C11H15BrN2O2. The maximum Gasteiger partial charge on any atom is 0.163 e. The van der Waals surface area contributed by atoms with E-state index in [-0.39, 0.29) is 6.10 Å². The molecule has 2 heterocycles. The van der Waals surface area contributed by atoms with Crippen molar-refractivity contribution in [3.63, 3.8) is 0 Å². The maximum absolute atomic E-state index is 5.67. The average molecular weight is 287 g/mol. The maximum atomic E-state index is 5.67. The molecule has 2 rings (SSSR count). The fourth-order valence-corrected chi connectivity index (χ4v) is 1.80. The van der Waals surface area contributed by atoms with Crippen LogP contribution in [-0.2, 0) is 9.47 Å². The Bertz CT molecular complexity index is 354. The highest BCUT2D eigenvalue weighted by atomic mass is 79.9. The highest BCUT2D eigenvalue weighted by Crippen LogP contribution is 2.22. The van der Waals surface area contributed by atoms with Crippen molar-refractivity contribution in [1.82, 2.24) is 4.98 Å². The Balaban J connectivity index is 1.82. The SMILES string of the molecule is CC1(C)OCC(CNc2ccc(Br)cn2)O1. The first-order chi connectivity index (χ1) is 7.55. The molecule has 1 aromatic rings. The minimum Gasteiger partial charge on any atom is -0.367 e. The second kappa shape index (κ2) is 4.69. The van der Waals surface area contributed by atoms with Crippen molar-refractivity contribution in [1.29, 1.82) is 0 Å². The van der Waals surface area contributed by atoms with Gasteiger partial charge in [-0.25, -0.2) is 4.98 Å². The van der Waals surface area contributed by atoms with Gasteiger partial charge >= 0.3 is 0 Å². The summed E-state index contributed by atoms with van der Waals surface area (Å²) in [5.41, 5.74) is 0. The van der Waals surface area contributed by atoms with E-state index in [1.165, 1.54) is 0 Å². The van der Waals surface area contributed by atoms with Crippen LogP contribution in [0.25, 0.3) is 0 Å². The zero-order chi connectivity index (χ0) is 11.6. The summed E-state index contributed by atoms with van der Waals surface area (Å²) in [4.78, 5) is 4.22. The van der Waals surface area contributed by atoms with Crippen LogP contribution in [0.4, 0.5) is 5.82 Å². The van der Waals surface area contributed by atoms with Crippen LogP contribution < -0.4 is 5.32 Å². The van der Waals surface area contributed by atoms with Gasteiger partial charge in [-0.2, -0.15) is 0 Å². The van der Waals surface area contributed by atoms with Gasteiger partial charge < -0.3 is 14.8 Å². The highest BCUT2D eigenvalue weighted by Gasteiger charge is 2.32. The third-order valence-corrected chi connectivity index (χ3v) is 2.77. The number of nitrogens with one attached hydrogen (secondary N) is 1. The van der Waals surface area contributed by atoms with E-state index in [0.717, 1.165) is 10.3 Å². The molecule has 16 heavy (non-hydrogen) atoms. The van der Waals surface area contributed by atoms with Gasteiger partial charge in [0.15, 0.2) is 5.79 Å². The topological polar surface area (TPSA) is 43.4 Å².